The molecule has 0 heterocycles. The molecule has 0 aliphatic rings. The average molecular weight is 155 g/mol. The molecule has 0 aromatic rings. The highest BCUT2D eigenvalue weighted by Crippen LogP contribution is 1.83. The lowest BCUT2D eigenvalue weighted by Crippen LogP contribution is -2.17. The predicted molar refractivity (Wildman–Crippen MR) is 32.9 cm³/mol. The van der Waals surface area contributed by atoms with Gasteiger partial charge in [-0.05, 0) is 0 Å². The molecule has 4 heteroatoms. The number of halogens is 2. The summed E-state index contributed by atoms with van der Waals surface area (Å²) in [4.78, 5) is 0. The standard InChI is InChI=1S/C2H4Cl2Si2/c3-1-6(5)2-4/h1-2H2. The molecule has 0 aliphatic carbocycles. The lowest BCUT2D eigenvalue weighted by molar-refractivity contribution is 1.94. The Hall–Kier alpha value is 1.01. The van der Waals surface area contributed by atoms with Crippen LogP contribution in [0.5, 0.6) is 0 Å². The number of hydrogen-bond acceptors (Lipinski definition) is 0. The van der Waals surface area contributed by atoms with Crippen LogP contribution in [0.25, 0.3) is 0 Å². The van der Waals surface area contributed by atoms with Crippen LogP contribution in [0, 0.1) is 0 Å². The van der Waals surface area contributed by atoms with Crippen molar-refractivity contribution in [3.63, 3.8) is 0 Å². The fourth-order valence-corrected chi connectivity index (χ4v) is 0.964. The van der Waals surface area contributed by atoms with Crippen molar-refractivity contribution in [1.82, 2.24) is 0 Å². The summed E-state index contributed by atoms with van der Waals surface area (Å²) in [5.74, 6) is 0. The van der Waals surface area contributed by atoms with Crippen LogP contribution < -0.4 is 0 Å². The smallest absolute Gasteiger partial charge is 0.0666 e. The third-order valence-corrected chi connectivity index (χ3v) is 5.31. The van der Waals surface area contributed by atoms with Crippen molar-refractivity contribution in [3.8, 4) is 0 Å². The second-order valence-corrected chi connectivity index (χ2v) is 6.34. The van der Waals surface area contributed by atoms with E-state index in [4.69, 9.17) is 23.2 Å². The molecule has 0 bridgehead atoms. The van der Waals surface area contributed by atoms with Crippen LogP contribution in [0.1, 0.15) is 0 Å². The number of rotatable bonds is 2. The van der Waals surface area contributed by atoms with E-state index < -0.39 is 8.31 Å². The van der Waals surface area contributed by atoms with E-state index >= 15 is 0 Å². The maximum atomic E-state index is 5.36. The van der Waals surface area contributed by atoms with E-state index in [1.165, 1.54) is 0 Å². The fourth-order valence-electron chi connectivity index (χ4n) is 0.0357. The van der Waals surface area contributed by atoms with Gasteiger partial charge in [0, 0.05) is 20.8 Å². The van der Waals surface area contributed by atoms with Crippen molar-refractivity contribution in [2.45, 2.75) is 0 Å². The zero-order valence-electron chi connectivity index (χ0n) is 3.17. The molecular weight excluding hydrogens is 151 g/mol. The summed E-state index contributed by atoms with van der Waals surface area (Å²) < 4.78 is 0. The molecule has 4 radical (unpaired) electrons. The third-order valence-electron chi connectivity index (χ3n) is 0.323. The summed E-state index contributed by atoms with van der Waals surface area (Å²) in [5.41, 5.74) is 1.37. The molecule has 0 atom stereocenters. The van der Waals surface area contributed by atoms with Gasteiger partial charge < -0.3 is 0 Å². The topological polar surface area (TPSA) is 0 Å². The van der Waals surface area contributed by atoms with E-state index in [0.29, 0.717) is 11.0 Å². The zero-order valence-corrected chi connectivity index (χ0v) is 6.68. The van der Waals surface area contributed by atoms with E-state index in [2.05, 4.69) is 9.76 Å². The van der Waals surface area contributed by atoms with Gasteiger partial charge in [0.25, 0.3) is 0 Å². The summed E-state index contributed by atoms with van der Waals surface area (Å²) in [6.45, 7) is 0. The van der Waals surface area contributed by atoms with Gasteiger partial charge in [-0.1, -0.05) is 0 Å². The van der Waals surface area contributed by atoms with Gasteiger partial charge in [-0.15, -0.1) is 23.2 Å². The molecule has 0 unspecified atom stereocenters. The maximum absolute atomic E-state index is 5.36. The Balaban J connectivity index is 2.75. The summed E-state index contributed by atoms with van der Waals surface area (Å²) in [6, 6.07) is 0. The quantitative estimate of drug-likeness (QED) is 0.407. The molecule has 0 aromatic heterocycles. The van der Waals surface area contributed by atoms with Crippen molar-refractivity contribution in [2.75, 3.05) is 11.0 Å². The second kappa shape index (κ2) is 4.18. The first-order chi connectivity index (χ1) is 2.81. The number of hydrogen-bond donors (Lipinski definition) is 0. The third kappa shape index (κ3) is 3.21. The van der Waals surface area contributed by atoms with Crippen molar-refractivity contribution in [3.05, 3.63) is 0 Å². The number of alkyl halides is 2. The molecular formula is C2H4Cl2Si2. The van der Waals surface area contributed by atoms with Gasteiger partial charge >= 0.3 is 0 Å². The first-order valence-electron chi connectivity index (χ1n) is 1.49. The molecule has 0 aromatic carbocycles. The molecule has 0 amide bonds. The van der Waals surface area contributed by atoms with Crippen LogP contribution in [0.15, 0.2) is 0 Å². The second-order valence-electron chi connectivity index (χ2n) is 0.871. The first kappa shape index (κ1) is 7.01. The molecule has 34 valence electrons. The van der Waals surface area contributed by atoms with Crippen LogP contribution in [0.2, 0.25) is 0 Å². The van der Waals surface area contributed by atoms with Crippen molar-refractivity contribution in [2.24, 2.45) is 0 Å². The Labute approximate surface area is 52.6 Å². The van der Waals surface area contributed by atoms with Crippen molar-refractivity contribution in [1.29, 1.82) is 0 Å². The minimum atomic E-state index is -0.532. The normalized spacial score (nSPS) is 10.0. The van der Waals surface area contributed by atoms with E-state index in [0.717, 1.165) is 0 Å². The molecule has 0 aliphatic heterocycles. The average Bonchev–Trinajstić information content (AvgIpc) is 1.65. The van der Waals surface area contributed by atoms with Gasteiger partial charge in [0.15, 0.2) is 0 Å². The summed E-state index contributed by atoms with van der Waals surface area (Å²) >= 11 is 10.7. The lowest BCUT2D eigenvalue weighted by atomic mass is 11.8. The molecule has 0 nitrogen and oxygen atoms in total. The Kier molecular flexibility index (Phi) is 4.89. The molecule has 0 rings (SSSR count). The van der Waals surface area contributed by atoms with Crippen LogP contribution in [0.4, 0.5) is 0 Å². The van der Waals surface area contributed by atoms with Gasteiger partial charge in [0.05, 0.1) is 8.31 Å². The summed E-state index contributed by atoms with van der Waals surface area (Å²) in [6.07, 6.45) is 0. The largest absolute Gasteiger partial charge is 0.131 e. The Morgan fingerprint density at radius 2 is 1.67 bits per heavy atom. The zero-order chi connectivity index (χ0) is 4.99. The predicted octanol–water partition coefficient (Wildman–Crippen LogP) is 0.702. The highest BCUT2D eigenvalue weighted by molar-refractivity contribution is 7.08. The summed E-state index contributed by atoms with van der Waals surface area (Å²) in [5, 5.41) is 0. The minimum absolute atomic E-state index is 0.532. The van der Waals surface area contributed by atoms with Gasteiger partial charge in [0.2, 0.25) is 0 Å². The van der Waals surface area contributed by atoms with Crippen molar-refractivity contribution < 1.29 is 0 Å². The van der Waals surface area contributed by atoms with Crippen LogP contribution >= 0.6 is 23.2 Å². The lowest BCUT2D eigenvalue weighted by Gasteiger charge is -1.91. The van der Waals surface area contributed by atoms with E-state index in [9.17, 15) is 0 Å². The summed E-state index contributed by atoms with van der Waals surface area (Å²) in [7, 11) is 2.83. The Morgan fingerprint density at radius 3 is 1.67 bits per heavy atom. The maximum Gasteiger partial charge on any atom is 0.0666 e. The molecule has 0 saturated heterocycles. The Bertz CT molecular complexity index is 28.7. The molecule has 0 saturated carbocycles. The first-order valence-corrected chi connectivity index (χ1v) is 5.97. The molecule has 0 fully saturated rings. The highest BCUT2D eigenvalue weighted by atomic mass is 35.5. The van der Waals surface area contributed by atoms with Crippen LogP contribution in [0.3, 0.4) is 0 Å². The van der Waals surface area contributed by atoms with Gasteiger partial charge in [0.1, 0.15) is 0 Å². The fraction of sp³-hybridized carbons (Fsp3) is 1.00. The van der Waals surface area contributed by atoms with E-state index in [1.54, 1.807) is 0 Å². The van der Waals surface area contributed by atoms with Gasteiger partial charge in [-0.3, -0.25) is 0 Å². The molecule has 0 spiro atoms. The molecule has 6 heavy (non-hydrogen) atoms. The monoisotopic (exact) mass is 154 g/mol. The minimum Gasteiger partial charge on any atom is -0.131 e. The molecule has 0 N–H and O–H groups in total. The van der Waals surface area contributed by atoms with E-state index in [-0.39, 0.29) is 0 Å². The highest BCUT2D eigenvalue weighted by Gasteiger charge is 1.95. The van der Waals surface area contributed by atoms with Crippen LogP contribution in [-0.4, -0.2) is 29.1 Å². The Morgan fingerprint density at radius 1 is 1.33 bits per heavy atom. The van der Waals surface area contributed by atoms with E-state index in [1.807, 2.05) is 0 Å². The van der Waals surface area contributed by atoms with Crippen molar-refractivity contribution >= 4 is 41.3 Å². The van der Waals surface area contributed by atoms with Crippen LogP contribution in [-0.2, 0) is 0 Å². The van der Waals surface area contributed by atoms with Gasteiger partial charge in [-0.2, -0.15) is 0 Å². The van der Waals surface area contributed by atoms with Gasteiger partial charge in [-0.25, -0.2) is 0 Å². The SMILES string of the molecule is [Si][Si](CCl)CCl.